The zero-order valence-corrected chi connectivity index (χ0v) is 6.02. The number of carbonyl (C=O) groups excluding carboxylic acids is 1. The zero-order chi connectivity index (χ0) is 6.97. The molecule has 0 bridgehead atoms. The molecular formula is C7H5NOS. The topological polar surface area (TPSA) is 30.0 Å². The molecule has 50 valence electrons. The van der Waals surface area contributed by atoms with E-state index in [0.29, 0.717) is 5.75 Å². The predicted octanol–water partition coefficient (Wildman–Crippen LogP) is 1.37. The third-order valence-electron chi connectivity index (χ3n) is 1.44. The van der Waals surface area contributed by atoms with Gasteiger partial charge in [0.05, 0.1) is 5.75 Å². The Bertz CT molecular complexity index is 285. The molecule has 0 saturated carbocycles. The van der Waals surface area contributed by atoms with Crippen LogP contribution in [0.5, 0.6) is 0 Å². The molecule has 0 fully saturated rings. The van der Waals surface area contributed by atoms with Crippen molar-refractivity contribution in [2.45, 2.75) is 4.90 Å². The van der Waals surface area contributed by atoms with E-state index in [-0.39, 0.29) is 5.78 Å². The summed E-state index contributed by atoms with van der Waals surface area (Å²) < 4.78 is 0. The maximum Gasteiger partial charge on any atom is 0.174 e. The Morgan fingerprint density at radius 1 is 1.60 bits per heavy atom. The van der Waals surface area contributed by atoms with Crippen LogP contribution in [0.4, 0.5) is 0 Å². The molecule has 3 heteroatoms. The first kappa shape index (κ1) is 5.92. The van der Waals surface area contributed by atoms with Crippen LogP contribution in [-0.2, 0) is 0 Å². The van der Waals surface area contributed by atoms with Crippen molar-refractivity contribution in [3.05, 3.63) is 24.0 Å². The number of thioether (sulfide) groups is 1. The van der Waals surface area contributed by atoms with Gasteiger partial charge in [0.1, 0.15) is 0 Å². The Hall–Kier alpha value is -0.830. The van der Waals surface area contributed by atoms with Gasteiger partial charge in [0, 0.05) is 22.9 Å². The number of carbonyl (C=O) groups is 1. The molecule has 1 aliphatic heterocycles. The normalized spacial score (nSPS) is 15.4. The number of nitrogens with zero attached hydrogens (tertiary/aromatic N) is 1. The molecule has 1 aliphatic rings. The summed E-state index contributed by atoms with van der Waals surface area (Å²) in [5.74, 6) is 0.809. The van der Waals surface area contributed by atoms with E-state index in [1.807, 2.05) is 0 Å². The van der Waals surface area contributed by atoms with Crippen LogP contribution < -0.4 is 0 Å². The predicted molar refractivity (Wildman–Crippen MR) is 39.3 cm³/mol. The van der Waals surface area contributed by atoms with Gasteiger partial charge in [0.2, 0.25) is 0 Å². The largest absolute Gasteiger partial charge is 0.293 e. The molecule has 0 N–H and O–H groups in total. The third kappa shape index (κ3) is 0.743. The van der Waals surface area contributed by atoms with E-state index in [0.717, 1.165) is 10.5 Å². The summed E-state index contributed by atoms with van der Waals surface area (Å²) in [7, 11) is 0. The van der Waals surface area contributed by atoms with Gasteiger partial charge in [-0.15, -0.1) is 11.8 Å². The minimum atomic E-state index is 0.224. The molecule has 0 amide bonds. The first-order chi connectivity index (χ1) is 4.88. The van der Waals surface area contributed by atoms with E-state index in [9.17, 15) is 4.79 Å². The smallest absolute Gasteiger partial charge is 0.174 e. The molecule has 0 spiro atoms. The molecule has 1 aromatic heterocycles. The van der Waals surface area contributed by atoms with Crippen LogP contribution in [0.1, 0.15) is 10.4 Å². The Morgan fingerprint density at radius 3 is 3.30 bits per heavy atom. The van der Waals surface area contributed by atoms with E-state index in [2.05, 4.69) is 4.98 Å². The lowest BCUT2D eigenvalue weighted by atomic mass is 10.2. The summed E-state index contributed by atoms with van der Waals surface area (Å²) in [6, 6.07) is 1.78. The van der Waals surface area contributed by atoms with Gasteiger partial charge in [-0.3, -0.25) is 9.78 Å². The molecule has 0 atom stereocenters. The van der Waals surface area contributed by atoms with Gasteiger partial charge >= 0.3 is 0 Å². The van der Waals surface area contributed by atoms with E-state index in [1.165, 1.54) is 0 Å². The highest BCUT2D eigenvalue weighted by molar-refractivity contribution is 8.00. The quantitative estimate of drug-likeness (QED) is 0.561. The number of pyridine rings is 1. The molecule has 0 radical (unpaired) electrons. The van der Waals surface area contributed by atoms with Gasteiger partial charge in [0.25, 0.3) is 0 Å². The Labute approximate surface area is 62.7 Å². The van der Waals surface area contributed by atoms with Crippen LogP contribution in [-0.4, -0.2) is 16.5 Å². The van der Waals surface area contributed by atoms with Crippen molar-refractivity contribution in [2.75, 3.05) is 5.75 Å². The molecule has 2 nitrogen and oxygen atoms in total. The zero-order valence-electron chi connectivity index (χ0n) is 5.20. The first-order valence-corrected chi connectivity index (χ1v) is 3.96. The van der Waals surface area contributed by atoms with Crippen LogP contribution in [0, 0.1) is 0 Å². The van der Waals surface area contributed by atoms with E-state index in [4.69, 9.17) is 0 Å². The lowest BCUT2D eigenvalue weighted by Gasteiger charge is -1.90. The number of fused-ring (bicyclic) bond motifs is 1. The second-order valence-electron chi connectivity index (χ2n) is 2.08. The van der Waals surface area contributed by atoms with Gasteiger partial charge in [-0.05, 0) is 6.07 Å². The van der Waals surface area contributed by atoms with Crippen molar-refractivity contribution >= 4 is 17.5 Å². The number of hydrogen-bond acceptors (Lipinski definition) is 3. The van der Waals surface area contributed by atoms with Crippen molar-refractivity contribution in [3.8, 4) is 0 Å². The van der Waals surface area contributed by atoms with Crippen molar-refractivity contribution in [2.24, 2.45) is 0 Å². The third-order valence-corrected chi connectivity index (χ3v) is 2.49. The fourth-order valence-corrected chi connectivity index (χ4v) is 1.86. The number of rotatable bonds is 0. The number of hydrogen-bond donors (Lipinski definition) is 0. The van der Waals surface area contributed by atoms with Crippen LogP contribution in [0.25, 0.3) is 0 Å². The standard InChI is InChI=1S/C7H5NOS/c9-6-4-10-7-3-8-2-1-5(6)7/h1-3H,4H2. The van der Waals surface area contributed by atoms with Gasteiger partial charge in [-0.1, -0.05) is 0 Å². The van der Waals surface area contributed by atoms with Crippen molar-refractivity contribution in [1.82, 2.24) is 4.98 Å². The average molecular weight is 151 g/mol. The highest BCUT2D eigenvalue weighted by Gasteiger charge is 2.18. The molecule has 0 unspecified atom stereocenters. The highest BCUT2D eigenvalue weighted by Crippen LogP contribution is 2.29. The van der Waals surface area contributed by atoms with Gasteiger partial charge < -0.3 is 0 Å². The molecule has 2 heterocycles. The lowest BCUT2D eigenvalue weighted by Crippen LogP contribution is -1.93. The summed E-state index contributed by atoms with van der Waals surface area (Å²) in [6.07, 6.45) is 3.40. The Balaban J connectivity index is 2.61. The van der Waals surface area contributed by atoms with Crippen molar-refractivity contribution in [1.29, 1.82) is 0 Å². The molecule has 2 rings (SSSR count). The van der Waals surface area contributed by atoms with E-state index >= 15 is 0 Å². The molecule has 10 heavy (non-hydrogen) atoms. The van der Waals surface area contributed by atoms with Crippen LogP contribution >= 0.6 is 11.8 Å². The SMILES string of the molecule is O=C1CSc2cnccc21. The molecule has 1 aromatic rings. The van der Waals surface area contributed by atoms with E-state index < -0.39 is 0 Å². The first-order valence-electron chi connectivity index (χ1n) is 2.98. The summed E-state index contributed by atoms with van der Waals surface area (Å²) in [5.41, 5.74) is 0.833. The van der Waals surface area contributed by atoms with Crippen molar-refractivity contribution in [3.63, 3.8) is 0 Å². The summed E-state index contributed by atoms with van der Waals surface area (Å²) >= 11 is 1.56. The minimum absolute atomic E-state index is 0.224. The molecule has 0 saturated heterocycles. The summed E-state index contributed by atoms with van der Waals surface area (Å²) in [6.45, 7) is 0. The van der Waals surface area contributed by atoms with E-state index in [1.54, 1.807) is 30.2 Å². The fraction of sp³-hybridized carbons (Fsp3) is 0.143. The molecular weight excluding hydrogens is 146 g/mol. The van der Waals surface area contributed by atoms with Gasteiger partial charge in [-0.2, -0.15) is 0 Å². The second kappa shape index (κ2) is 2.09. The number of ketones is 1. The fourth-order valence-electron chi connectivity index (χ4n) is 0.946. The highest BCUT2D eigenvalue weighted by atomic mass is 32.2. The second-order valence-corrected chi connectivity index (χ2v) is 3.10. The maximum absolute atomic E-state index is 11.0. The molecule has 0 aliphatic carbocycles. The summed E-state index contributed by atoms with van der Waals surface area (Å²) in [5, 5.41) is 0. The van der Waals surface area contributed by atoms with Crippen LogP contribution in [0.2, 0.25) is 0 Å². The van der Waals surface area contributed by atoms with Gasteiger partial charge in [-0.25, -0.2) is 0 Å². The van der Waals surface area contributed by atoms with Crippen LogP contribution in [0.15, 0.2) is 23.4 Å². The maximum atomic E-state index is 11.0. The average Bonchev–Trinajstić information content (AvgIpc) is 2.34. The number of aromatic nitrogens is 1. The summed E-state index contributed by atoms with van der Waals surface area (Å²) in [4.78, 5) is 16.0. The Morgan fingerprint density at radius 2 is 2.50 bits per heavy atom. The Kier molecular flexibility index (Phi) is 1.24. The van der Waals surface area contributed by atoms with Crippen molar-refractivity contribution < 1.29 is 4.79 Å². The van der Waals surface area contributed by atoms with Crippen LogP contribution in [0.3, 0.4) is 0 Å². The minimum Gasteiger partial charge on any atom is -0.293 e. The monoisotopic (exact) mass is 151 g/mol. The molecule has 0 aromatic carbocycles. The van der Waals surface area contributed by atoms with Gasteiger partial charge in [0.15, 0.2) is 5.78 Å². The lowest BCUT2D eigenvalue weighted by molar-refractivity contribution is 0.102. The number of Topliss-reactive ketones (excluding diaryl/α,β-unsaturated/α-hetero) is 1.